The van der Waals surface area contributed by atoms with Crippen LogP contribution in [0.5, 0.6) is 0 Å². The Morgan fingerprint density at radius 1 is 1.50 bits per heavy atom. The standard InChI is InChI=1S/C15H21N5O2/c1-10(2)22-9-13-11-5-7-20(8-14(11)19(3)18-13)15(21)12-4-6-16-17-12/h4,6,10H,5,7-9H2,1-3H3,(H,16,17). The Kier molecular flexibility index (Phi) is 3.98. The van der Waals surface area contributed by atoms with Crippen molar-refractivity contribution in [3.05, 3.63) is 34.9 Å². The molecule has 0 spiro atoms. The molecule has 0 aliphatic carbocycles. The fraction of sp³-hybridized carbons (Fsp3) is 0.533. The number of amides is 1. The highest BCUT2D eigenvalue weighted by atomic mass is 16.5. The van der Waals surface area contributed by atoms with Crippen molar-refractivity contribution in [1.29, 1.82) is 0 Å². The van der Waals surface area contributed by atoms with E-state index in [4.69, 9.17) is 4.74 Å². The van der Waals surface area contributed by atoms with E-state index in [0.717, 1.165) is 17.8 Å². The zero-order chi connectivity index (χ0) is 15.7. The molecule has 0 radical (unpaired) electrons. The molecule has 0 saturated heterocycles. The maximum Gasteiger partial charge on any atom is 0.272 e. The van der Waals surface area contributed by atoms with E-state index in [1.165, 1.54) is 5.56 Å². The van der Waals surface area contributed by atoms with Gasteiger partial charge in [0.25, 0.3) is 5.91 Å². The van der Waals surface area contributed by atoms with Gasteiger partial charge >= 0.3 is 0 Å². The molecular formula is C15H21N5O2. The highest BCUT2D eigenvalue weighted by Crippen LogP contribution is 2.23. The van der Waals surface area contributed by atoms with Crippen molar-refractivity contribution in [1.82, 2.24) is 24.9 Å². The smallest absolute Gasteiger partial charge is 0.272 e. The first-order valence-electron chi connectivity index (χ1n) is 7.50. The average Bonchev–Trinajstić information content (AvgIpc) is 3.13. The summed E-state index contributed by atoms with van der Waals surface area (Å²) in [7, 11) is 1.92. The minimum Gasteiger partial charge on any atom is -0.372 e. The number of aryl methyl sites for hydroxylation is 1. The van der Waals surface area contributed by atoms with Gasteiger partial charge in [-0.25, -0.2) is 0 Å². The van der Waals surface area contributed by atoms with Crippen LogP contribution in [0.1, 0.15) is 41.3 Å². The summed E-state index contributed by atoms with van der Waals surface area (Å²) in [4.78, 5) is 14.2. The second-order valence-electron chi connectivity index (χ2n) is 5.80. The van der Waals surface area contributed by atoms with Gasteiger partial charge in [-0.15, -0.1) is 0 Å². The van der Waals surface area contributed by atoms with Crippen LogP contribution in [0.2, 0.25) is 0 Å². The molecule has 7 heteroatoms. The third-order valence-electron chi connectivity index (χ3n) is 3.90. The third kappa shape index (κ3) is 2.76. The van der Waals surface area contributed by atoms with E-state index < -0.39 is 0 Å². The number of H-pyrrole nitrogens is 1. The van der Waals surface area contributed by atoms with E-state index >= 15 is 0 Å². The van der Waals surface area contributed by atoms with Gasteiger partial charge in [-0.1, -0.05) is 0 Å². The number of hydrogen-bond acceptors (Lipinski definition) is 4. The van der Waals surface area contributed by atoms with E-state index in [1.54, 1.807) is 12.3 Å². The number of rotatable bonds is 4. The average molecular weight is 303 g/mol. The van der Waals surface area contributed by atoms with Crippen LogP contribution in [0.25, 0.3) is 0 Å². The number of nitrogens with zero attached hydrogens (tertiary/aromatic N) is 4. The van der Waals surface area contributed by atoms with Gasteiger partial charge in [0.15, 0.2) is 0 Å². The molecule has 0 bridgehead atoms. The van der Waals surface area contributed by atoms with Crippen LogP contribution in [0.4, 0.5) is 0 Å². The summed E-state index contributed by atoms with van der Waals surface area (Å²) < 4.78 is 7.53. The molecule has 1 aliphatic heterocycles. The van der Waals surface area contributed by atoms with Crippen LogP contribution in [0, 0.1) is 0 Å². The Morgan fingerprint density at radius 2 is 2.32 bits per heavy atom. The van der Waals surface area contributed by atoms with Gasteiger partial charge in [0.1, 0.15) is 5.69 Å². The normalized spacial score (nSPS) is 14.5. The molecule has 7 nitrogen and oxygen atoms in total. The van der Waals surface area contributed by atoms with Crippen molar-refractivity contribution in [3.63, 3.8) is 0 Å². The van der Waals surface area contributed by atoms with Crippen LogP contribution in [0.15, 0.2) is 12.3 Å². The molecule has 1 aliphatic rings. The van der Waals surface area contributed by atoms with Gasteiger partial charge in [0, 0.05) is 25.4 Å². The van der Waals surface area contributed by atoms with E-state index in [0.29, 0.717) is 25.4 Å². The molecule has 3 rings (SSSR count). The summed E-state index contributed by atoms with van der Waals surface area (Å²) in [6.45, 7) is 5.80. The number of fused-ring (bicyclic) bond motifs is 1. The molecule has 0 fully saturated rings. The maximum atomic E-state index is 12.4. The van der Waals surface area contributed by atoms with Crippen molar-refractivity contribution in [2.45, 2.75) is 39.5 Å². The van der Waals surface area contributed by atoms with E-state index in [9.17, 15) is 4.79 Å². The number of aromatic amines is 1. The molecule has 0 aromatic carbocycles. The van der Waals surface area contributed by atoms with Gasteiger partial charge in [-0.05, 0) is 26.3 Å². The van der Waals surface area contributed by atoms with Crippen LogP contribution >= 0.6 is 0 Å². The summed E-state index contributed by atoms with van der Waals surface area (Å²) >= 11 is 0. The van der Waals surface area contributed by atoms with Crippen molar-refractivity contribution in [2.75, 3.05) is 6.54 Å². The highest BCUT2D eigenvalue weighted by Gasteiger charge is 2.27. The maximum absolute atomic E-state index is 12.4. The second kappa shape index (κ2) is 5.92. The summed E-state index contributed by atoms with van der Waals surface area (Å²) in [6.07, 6.45) is 2.58. The second-order valence-corrected chi connectivity index (χ2v) is 5.80. The van der Waals surface area contributed by atoms with Crippen molar-refractivity contribution in [3.8, 4) is 0 Å². The van der Waals surface area contributed by atoms with E-state index in [-0.39, 0.29) is 12.0 Å². The lowest BCUT2D eigenvalue weighted by Gasteiger charge is -2.27. The third-order valence-corrected chi connectivity index (χ3v) is 3.90. The highest BCUT2D eigenvalue weighted by molar-refractivity contribution is 5.92. The zero-order valence-corrected chi connectivity index (χ0v) is 13.2. The lowest BCUT2D eigenvalue weighted by atomic mass is 10.0. The van der Waals surface area contributed by atoms with Gasteiger partial charge in [0.2, 0.25) is 0 Å². The summed E-state index contributed by atoms with van der Waals surface area (Å²) in [5.41, 5.74) is 3.81. The molecule has 0 saturated carbocycles. The predicted molar refractivity (Wildman–Crippen MR) is 80.2 cm³/mol. The summed E-state index contributed by atoms with van der Waals surface area (Å²) in [6, 6.07) is 1.70. The molecule has 22 heavy (non-hydrogen) atoms. The largest absolute Gasteiger partial charge is 0.372 e. The monoisotopic (exact) mass is 303 g/mol. The predicted octanol–water partition coefficient (Wildman–Crippen LogP) is 1.27. The SMILES string of the molecule is CC(C)OCc1nn(C)c2c1CCN(C(=O)c1ccn[nH]1)C2. The Balaban J connectivity index is 1.77. The number of ether oxygens (including phenoxy) is 1. The van der Waals surface area contributed by atoms with Gasteiger partial charge in [-0.2, -0.15) is 10.2 Å². The number of carbonyl (C=O) groups excluding carboxylic acids is 1. The van der Waals surface area contributed by atoms with Crippen LogP contribution in [-0.4, -0.2) is 43.4 Å². The number of nitrogens with one attached hydrogen (secondary N) is 1. The number of hydrogen-bond donors (Lipinski definition) is 1. The van der Waals surface area contributed by atoms with Gasteiger partial charge < -0.3 is 9.64 Å². The fourth-order valence-electron chi connectivity index (χ4n) is 2.74. The lowest BCUT2D eigenvalue weighted by Crippen LogP contribution is -2.36. The molecule has 0 atom stereocenters. The van der Waals surface area contributed by atoms with Crippen LogP contribution < -0.4 is 0 Å². The first kappa shape index (κ1) is 14.8. The van der Waals surface area contributed by atoms with Crippen LogP contribution in [0.3, 0.4) is 0 Å². The molecule has 1 N–H and O–H groups in total. The zero-order valence-electron chi connectivity index (χ0n) is 13.2. The molecule has 0 unspecified atom stereocenters. The van der Waals surface area contributed by atoms with E-state index in [1.807, 2.05) is 30.5 Å². The molecule has 118 valence electrons. The number of carbonyl (C=O) groups is 1. The molecule has 2 aromatic rings. The van der Waals surface area contributed by atoms with Gasteiger partial charge in [0.05, 0.1) is 30.6 Å². The first-order chi connectivity index (χ1) is 10.6. The molecular weight excluding hydrogens is 282 g/mol. The minimum atomic E-state index is -0.0238. The van der Waals surface area contributed by atoms with Crippen molar-refractivity contribution >= 4 is 5.91 Å². The topological polar surface area (TPSA) is 76.0 Å². The number of aromatic nitrogens is 4. The van der Waals surface area contributed by atoms with Crippen LogP contribution in [-0.2, 0) is 31.4 Å². The molecule has 2 aromatic heterocycles. The Bertz CT molecular complexity index is 660. The fourth-order valence-corrected chi connectivity index (χ4v) is 2.74. The summed E-state index contributed by atoms with van der Waals surface area (Å²) in [5, 5.41) is 11.1. The quantitative estimate of drug-likeness (QED) is 0.923. The first-order valence-corrected chi connectivity index (χ1v) is 7.50. The van der Waals surface area contributed by atoms with Crippen molar-refractivity contribution < 1.29 is 9.53 Å². The van der Waals surface area contributed by atoms with E-state index in [2.05, 4.69) is 15.3 Å². The minimum absolute atomic E-state index is 0.0238. The molecule has 3 heterocycles. The summed E-state index contributed by atoms with van der Waals surface area (Å²) in [5.74, 6) is -0.0238. The van der Waals surface area contributed by atoms with Gasteiger partial charge in [-0.3, -0.25) is 14.6 Å². The molecule has 1 amide bonds. The Labute approximate surface area is 129 Å². The Morgan fingerprint density at radius 3 is 3.00 bits per heavy atom. The Hall–Kier alpha value is -2.15. The van der Waals surface area contributed by atoms with Crippen molar-refractivity contribution in [2.24, 2.45) is 7.05 Å². The lowest BCUT2D eigenvalue weighted by molar-refractivity contribution is 0.0626.